The molecule has 4 nitrogen and oxygen atoms in total. The molecule has 1 N–H and O–H groups in total. The number of nitrogens with one attached hydrogen (secondary N) is 1. The summed E-state index contributed by atoms with van der Waals surface area (Å²) in [5.74, 6) is 1.91. The third-order valence-electron chi connectivity index (χ3n) is 6.04. The van der Waals surface area contributed by atoms with Crippen LogP contribution in [0.15, 0.2) is 42.5 Å². The molecule has 1 aliphatic heterocycles. The molecule has 2 aromatic carbocycles. The number of nitrogens with zero attached hydrogens (tertiary/aromatic N) is 1. The fourth-order valence-corrected chi connectivity index (χ4v) is 3.91. The maximum absolute atomic E-state index is 11.6. The summed E-state index contributed by atoms with van der Waals surface area (Å²) in [6, 6.07) is 15.3. The number of carbonyl (C=O) groups excluding carboxylic acids is 1. The molecule has 4 rings (SSSR count). The van der Waals surface area contributed by atoms with Crippen molar-refractivity contribution in [2.45, 2.75) is 58.7 Å². The number of hydrogen-bond donors (Lipinski definition) is 1. The molecule has 1 amide bonds. The van der Waals surface area contributed by atoms with Crippen molar-refractivity contribution < 1.29 is 9.53 Å². The number of benzene rings is 2. The van der Waals surface area contributed by atoms with Crippen LogP contribution in [-0.4, -0.2) is 24.0 Å². The van der Waals surface area contributed by atoms with Gasteiger partial charge in [0.15, 0.2) is 0 Å². The van der Waals surface area contributed by atoms with Gasteiger partial charge in [-0.2, -0.15) is 0 Å². The molecule has 0 radical (unpaired) electrons. The molecule has 4 heteroatoms. The molecule has 2 aliphatic rings. The maximum Gasteiger partial charge on any atom is 0.220 e. The standard InChI is InChI=1S/C25H32N2O2/c1-3-25(28)26-18(2)21-8-6-19(7-9-21)15-27-13-12-22-14-24(11-10-23(22)16-27)29-17-20-4-5-20/h6-11,14,18,20H,3-5,12-13,15-17H2,1-2H3,(H,26,28)/t18-/m0/s1. The van der Waals surface area contributed by atoms with E-state index in [0.717, 1.165) is 49.9 Å². The van der Waals surface area contributed by atoms with Gasteiger partial charge >= 0.3 is 0 Å². The predicted octanol–water partition coefficient (Wildman–Crippen LogP) is 4.62. The molecule has 154 valence electrons. The molecule has 1 atom stereocenters. The molecule has 0 aromatic heterocycles. The largest absolute Gasteiger partial charge is 0.493 e. The van der Waals surface area contributed by atoms with E-state index in [4.69, 9.17) is 4.74 Å². The number of carbonyl (C=O) groups is 1. The highest BCUT2D eigenvalue weighted by atomic mass is 16.5. The van der Waals surface area contributed by atoms with Crippen molar-refractivity contribution in [2.75, 3.05) is 13.2 Å². The number of amides is 1. The molecule has 1 fully saturated rings. The van der Waals surface area contributed by atoms with Crippen LogP contribution < -0.4 is 10.1 Å². The average molecular weight is 393 g/mol. The molecule has 1 aliphatic carbocycles. The van der Waals surface area contributed by atoms with Gasteiger partial charge in [-0.05, 0) is 66.5 Å². The first kappa shape index (κ1) is 20.0. The van der Waals surface area contributed by atoms with Crippen LogP contribution in [-0.2, 0) is 24.3 Å². The van der Waals surface area contributed by atoms with Crippen molar-refractivity contribution in [2.24, 2.45) is 5.92 Å². The summed E-state index contributed by atoms with van der Waals surface area (Å²) in [5.41, 5.74) is 5.32. The lowest BCUT2D eigenvalue weighted by Crippen LogP contribution is -2.30. The van der Waals surface area contributed by atoms with Crippen LogP contribution in [0.25, 0.3) is 0 Å². The minimum absolute atomic E-state index is 0.0506. The van der Waals surface area contributed by atoms with Crippen molar-refractivity contribution in [3.05, 3.63) is 64.7 Å². The van der Waals surface area contributed by atoms with E-state index < -0.39 is 0 Å². The van der Waals surface area contributed by atoms with Gasteiger partial charge in [0.2, 0.25) is 5.91 Å². The van der Waals surface area contributed by atoms with E-state index in [1.54, 1.807) is 0 Å². The van der Waals surface area contributed by atoms with E-state index in [0.29, 0.717) is 6.42 Å². The summed E-state index contributed by atoms with van der Waals surface area (Å²) in [5, 5.41) is 3.02. The van der Waals surface area contributed by atoms with Crippen LogP contribution in [0.4, 0.5) is 0 Å². The second kappa shape index (κ2) is 9.00. The highest BCUT2D eigenvalue weighted by molar-refractivity contribution is 5.75. The predicted molar refractivity (Wildman–Crippen MR) is 116 cm³/mol. The Morgan fingerprint density at radius 1 is 1.17 bits per heavy atom. The van der Waals surface area contributed by atoms with Crippen LogP contribution >= 0.6 is 0 Å². The van der Waals surface area contributed by atoms with Crippen LogP contribution in [0.5, 0.6) is 5.75 Å². The summed E-state index contributed by atoms with van der Waals surface area (Å²) in [6.07, 6.45) is 4.25. The Balaban J connectivity index is 1.32. The van der Waals surface area contributed by atoms with Crippen LogP contribution in [0.3, 0.4) is 0 Å². The minimum Gasteiger partial charge on any atom is -0.493 e. The third kappa shape index (κ3) is 5.39. The van der Waals surface area contributed by atoms with Crippen LogP contribution in [0.1, 0.15) is 61.4 Å². The summed E-state index contributed by atoms with van der Waals surface area (Å²) < 4.78 is 5.94. The molecule has 0 unspecified atom stereocenters. The molecular formula is C25H32N2O2. The lowest BCUT2D eigenvalue weighted by Gasteiger charge is -2.29. The highest BCUT2D eigenvalue weighted by Gasteiger charge is 2.22. The number of hydrogen-bond acceptors (Lipinski definition) is 3. The zero-order chi connectivity index (χ0) is 20.2. The van der Waals surface area contributed by atoms with Gasteiger partial charge in [0.05, 0.1) is 12.6 Å². The van der Waals surface area contributed by atoms with Crippen molar-refractivity contribution in [1.82, 2.24) is 10.2 Å². The Kier molecular flexibility index (Phi) is 6.19. The molecule has 29 heavy (non-hydrogen) atoms. The van der Waals surface area contributed by atoms with Gasteiger partial charge in [-0.1, -0.05) is 37.3 Å². The average Bonchev–Trinajstić information content (AvgIpc) is 3.57. The zero-order valence-corrected chi connectivity index (χ0v) is 17.6. The van der Waals surface area contributed by atoms with E-state index >= 15 is 0 Å². The second-order valence-corrected chi connectivity index (χ2v) is 8.53. The van der Waals surface area contributed by atoms with Crippen molar-refractivity contribution in [1.29, 1.82) is 0 Å². The maximum atomic E-state index is 11.6. The van der Waals surface area contributed by atoms with E-state index in [1.165, 1.54) is 29.5 Å². The molecule has 2 aromatic rings. The van der Waals surface area contributed by atoms with Gasteiger partial charge < -0.3 is 10.1 Å². The lowest BCUT2D eigenvalue weighted by atomic mass is 9.98. The summed E-state index contributed by atoms with van der Waals surface area (Å²) in [4.78, 5) is 14.1. The van der Waals surface area contributed by atoms with Gasteiger partial charge in [0, 0.05) is 26.1 Å². The fourth-order valence-electron chi connectivity index (χ4n) is 3.91. The first-order valence-electron chi connectivity index (χ1n) is 11.0. The SMILES string of the molecule is CCC(=O)N[C@@H](C)c1ccc(CN2CCc3cc(OCC4CC4)ccc3C2)cc1. The van der Waals surface area contributed by atoms with Gasteiger partial charge in [-0.3, -0.25) is 9.69 Å². The van der Waals surface area contributed by atoms with E-state index in [2.05, 4.69) is 52.7 Å². The van der Waals surface area contributed by atoms with E-state index in [-0.39, 0.29) is 11.9 Å². The van der Waals surface area contributed by atoms with Crippen LogP contribution in [0.2, 0.25) is 0 Å². The Morgan fingerprint density at radius 2 is 1.97 bits per heavy atom. The van der Waals surface area contributed by atoms with Gasteiger partial charge in [-0.25, -0.2) is 0 Å². The third-order valence-corrected chi connectivity index (χ3v) is 6.04. The highest BCUT2D eigenvalue weighted by Crippen LogP contribution is 2.31. The number of rotatable bonds is 8. The van der Waals surface area contributed by atoms with E-state index in [1.807, 2.05) is 13.8 Å². The Morgan fingerprint density at radius 3 is 2.69 bits per heavy atom. The minimum atomic E-state index is 0.0506. The zero-order valence-electron chi connectivity index (χ0n) is 17.6. The van der Waals surface area contributed by atoms with Crippen molar-refractivity contribution in [3.8, 4) is 5.75 Å². The summed E-state index contributed by atoms with van der Waals surface area (Å²) in [6.45, 7) is 7.81. The quantitative estimate of drug-likeness (QED) is 0.713. The van der Waals surface area contributed by atoms with Gasteiger partial charge in [0.25, 0.3) is 0 Å². The van der Waals surface area contributed by atoms with Crippen molar-refractivity contribution in [3.63, 3.8) is 0 Å². The molecule has 1 heterocycles. The monoisotopic (exact) mass is 392 g/mol. The van der Waals surface area contributed by atoms with Gasteiger partial charge in [0.1, 0.15) is 5.75 Å². The Hall–Kier alpha value is -2.33. The smallest absolute Gasteiger partial charge is 0.220 e. The van der Waals surface area contributed by atoms with Crippen molar-refractivity contribution >= 4 is 5.91 Å². The van der Waals surface area contributed by atoms with E-state index in [9.17, 15) is 4.79 Å². The number of fused-ring (bicyclic) bond motifs is 1. The van der Waals surface area contributed by atoms with Gasteiger partial charge in [-0.15, -0.1) is 0 Å². The number of ether oxygens (including phenoxy) is 1. The Labute approximate surface area is 174 Å². The Bertz CT molecular complexity index is 842. The first-order chi connectivity index (χ1) is 14.1. The summed E-state index contributed by atoms with van der Waals surface area (Å²) in [7, 11) is 0. The molecular weight excluding hydrogens is 360 g/mol. The molecule has 0 saturated heterocycles. The molecule has 0 bridgehead atoms. The second-order valence-electron chi connectivity index (χ2n) is 8.53. The first-order valence-corrected chi connectivity index (χ1v) is 11.0. The van der Waals surface area contributed by atoms with Crippen LogP contribution in [0, 0.1) is 5.92 Å². The lowest BCUT2D eigenvalue weighted by molar-refractivity contribution is -0.121. The summed E-state index contributed by atoms with van der Waals surface area (Å²) >= 11 is 0. The topological polar surface area (TPSA) is 41.6 Å². The molecule has 0 spiro atoms. The fraction of sp³-hybridized carbons (Fsp3) is 0.480. The molecule has 1 saturated carbocycles. The normalized spacial score (nSPS) is 17.4.